The number of benzene rings is 1. The molecule has 0 fully saturated rings. The summed E-state index contributed by atoms with van der Waals surface area (Å²) in [6, 6.07) is 7.79. The third kappa shape index (κ3) is 2.36. The van der Waals surface area contributed by atoms with Gasteiger partial charge in [0.2, 0.25) is 0 Å². The summed E-state index contributed by atoms with van der Waals surface area (Å²) >= 11 is 0. The predicted molar refractivity (Wildman–Crippen MR) is 86.2 cm³/mol. The SMILES string of the molecule is O=C(c1n[nH]c2c1CCCC2)N1CCc2ccccc2[C@@H]1CO. The van der Waals surface area contributed by atoms with Gasteiger partial charge in [0.15, 0.2) is 5.69 Å². The Kier molecular flexibility index (Phi) is 3.65. The Hall–Kier alpha value is -2.14. The maximum atomic E-state index is 13.0. The molecule has 0 radical (unpaired) electrons. The van der Waals surface area contributed by atoms with E-state index in [9.17, 15) is 9.90 Å². The summed E-state index contributed by atoms with van der Waals surface area (Å²) in [6.45, 7) is 0.568. The van der Waals surface area contributed by atoms with Crippen LogP contribution in [0.1, 0.15) is 51.8 Å². The van der Waals surface area contributed by atoms with Crippen molar-refractivity contribution in [1.29, 1.82) is 0 Å². The summed E-state index contributed by atoms with van der Waals surface area (Å²) in [5.41, 5.74) is 5.02. The molecule has 2 aliphatic rings. The second-order valence-corrected chi connectivity index (χ2v) is 6.38. The number of rotatable bonds is 2. The second kappa shape index (κ2) is 5.81. The quantitative estimate of drug-likeness (QED) is 0.891. The van der Waals surface area contributed by atoms with Gasteiger partial charge in [-0.2, -0.15) is 5.10 Å². The van der Waals surface area contributed by atoms with Gasteiger partial charge < -0.3 is 10.0 Å². The number of carbonyl (C=O) groups excluding carboxylic acids is 1. The number of aliphatic hydroxyl groups is 1. The average Bonchev–Trinajstić information content (AvgIpc) is 3.04. The summed E-state index contributed by atoms with van der Waals surface area (Å²) < 4.78 is 0. The molecule has 2 aromatic rings. The number of fused-ring (bicyclic) bond motifs is 2. The van der Waals surface area contributed by atoms with Gasteiger partial charge in [0.05, 0.1) is 12.6 Å². The highest BCUT2D eigenvalue weighted by Gasteiger charge is 2.33. The van der Waals surface area contributed by atoms with Crippen LogP contribution in [0.4, 0.5) is 0 Å². The van der Waals surface area contributed by atoms with Crippen molar-refractivity contribution in [2.45, 2.75) is 38.1 Å². The zero-order chi connectivity index (χ0) is 15.8. The van der Waals surface area contributed by atoms with Crippen LogP contribution < -0.4 is 0 Å². The highest BCUT2D eigenvalue weighted by Crippen LogP contribution is 2.32. The van der Waals surface area contributed by atoms with Crippen LogP contribution in [0.3, 0.4) is 0 Å². The minimum absolute atomic E-state index is 0.0575. The summed E-state index contributed by atoms with van der Waals surface area (Å²) in [7, 11) is 0. The first-order valence-corrected chi connectivity index (χ1v) is 8.35. The molecule has 5 nitrogen and oxygen atoms in total. The number of amides is 1. The van der Waals surface area contributed by atoms with Crippen LogP contribution in [0.5, 0.6) is 0 Å². The van der Waals surface area contributed by atoms with Crippen LogP contribution in [0.2, 0.25) is 0 Å². The molecule has 4 rings (SSSR count). The Balaban J connectivity index is 1.68. The molecule has 0 saturated carbocycles. The molecule has 2 heterocycles. The molecule has 1 aromatic heterocycles. The summed E-state index contributed by atoms with van der Waals surface area (Å²) in [6.07, 6.45) is 4.98. The zero-order valence-corrected chi connectivity index (χ0v) is 13.1. The fourth-order valence-electron chi connectivity index (χ4n) is 3.89. The van der Waals surface area contributed by atoms with Crippen molar-refractivity contribution in [2.75, 3.05) is 13.2 Å². The lowest BCUT2D eigenvalue weighted by molar-refractivity contribution is 0.0561. The molecular weight excluding hydrogens is 290 g/mol. The molecule has 1 aromatic carbocycles. The molecular formula is C18H21N3O2. The van der Waals surface area contributed by atoms with Crippen molar-refractivity contribution in [1.82, 2.24) is 15.1 Å². The van der Waals surface area contributed by atoms with Crippen molar-refractivity contribution in [3.8, 4) is 0 Å². The lowest BCUT2D eigenvalue weighted by atomic mass is 9.91. The normalized spacial score (nSPS) is 20.0. The Morgan fingerprint density at radius 3 is 2.96 bits per heavy atom. The van der Waals surface area contributed by atoms with E-state index in [1.165, 1.54) is 5.56 Å². The monoisotopic (exact) mass is 311 g/mol. The van der Waals surface area contributed by atoms with Gasteiger partial charge in [0, 0.05) is 17.8 Å². The van der Waals surface area contributed by atoms with E-state index in [4.69, 9.17) is 0 Å². The topological polar surface area (TPSA) is 69.2 Å². The average molecular weight is 311 g/mol. The van der Waals surface area contributed by atoms with Gasteiger partial charge in [-0.15, -0.1) is 0 Å². The Bertz CT molecular complexity index is 738. The number of hydrogen-bond donors (Lipinski definition) is 2. The number of hydrogen-bond acceptors (Lipinski definition) is 3. The third-order valence-electron chi connectivity index (χ3n) is 5.11. The van der Waals surface area contributed by atoms with Crippen molar-refractivity contribution in [3.63, 3.8) is 0 Å². The molecule has 1 aliphatic heterocycles. The van der Waals surface area contributed by atoms with E-state index in [0.717, 1.165) is 48.9 Å². The van der Waals surface area contributed by atoms with E-state index in [0.29, 0.717) is 12.2 Å². The molecule has 2 N–H and O–H groups in total. The number of aromatic nitrogens is 2. The van der Waals surface area contributed by atoms with Gasteiger partial charge in [0.1, 0.15) is 0 Å². The van der Waals surface area contributed by atoms with Crippen molar-refractivity contribution in [2.24, 2.45) is 0 Å². The number of H-pyrrole nitrogens is 1. The summed E-state index contributed by atoms with van der Waals surface area (Å²) in [5.74, 6) is -0.0575. The molecule has 120 valence electrons. The van der Waals surface area contributed by atoms with Crippen LogP contribution in [0, 0.1) is 0 Å². The highest BCUT2D eigenvalue weighted by atomic mass is 16.3. The molecule has 0 bridgehead atoms. The molecule has 5 heteroatoms. The number of nitrogens with zero attached hydrogens (tertiary/aromatic N) is 2. The van der Waals surface area contributed by atoms with E-state index >= 15 is 0 Å². The molecule has 23 heavy (non-hydrogen) atoms. The Morgan fingerprint density at radius 1 is 1.26 bits per heavy atom. The van der Waals surface area contributed by atoms with Crippen LogP contribution >= 0.6 is 0 Å². The van der Waals surface area contributed by atoms with E-state index in [-0.39, 0.29) is 18.6 Å². The maximum Gasteiger partial charge on any atom is 0.275 e. The lowest BCUT2D eigenvalue weighted by Crippen LogP contribution is -2.42. The van der Waals surface area contributed by atoms with Crippen molar-refractivity contribution >= 4 is 5.91 Å². The van der Waals surface area contributed by atoms with Crippen LogP contribution in [0.25, 0.3) is 0 Å². The fourth-order valence-corrected chi connectivity index (χ4v) is 3.89. The van der Waals surface area contributed by atoms with Gasteiger partial charge in [-0.05, 0) is 43.2 Å². The molecule has 1 aliphatic carbocycles. The first kappa shape index (κ1) is 14.5. The highest BCUT2D eigenvalue weighted by molar-refractivity contribution is 5.94. The minimum atomic E-state index is -0.275. The van der Waals surface area contributed by atoms with E-state index in [1.807, 2.05) is 18.2 Å². The Morgan fingerprint density at radius 2 is 2.09 bits per heavy atom. The zero-order valence-electron chi connectivity index (χ0n) is 13.1. The van der Waals surface area contributed by atoms with E-state index in [1.54, 1.807) is 4.90 Å². The Labute approximate surface area is 135 Å². The van der Waals surface area contributed by atoms with E-state index < -0.39 is 0 Å². The van der Waals surface area contributed by atoms with Gasteiger partial charge in [-0.25, -0.2) is 0 Å². The molecule has 1 atom stereocenters. The van der Waals surface area contributed by atoms with Crippen LogP contribution in [-0.2, 0) is 19.3 Å². The van der Waals surface area contributed by atoms with Gasteiger partial charge in [-0.3, -0.25) is 9.89 Å². The predicted octanol–water partition coefficient (Wildman–Crippen LogP) is 2.02. The third-order valence-corrected chi connectivity index (χ3v) is 5.11. The van der Waals surface area contributed by atoms with E-state index in [2.05, 4.69) is 16.3 Å². The van der Waals surface area contributed by atoms with Crippen LogP contribution in [-0.4, -0.2) is 39.3 Å². The van der Waals surface area contributed by atoms with Crippen molar-refractivity contribution in [3.05, 3.63) is 52.3 Å². The molecule has 1 amide bonds. The summed E-state index contributed by atoms with van der Waals surface area (Å²) in [5, 5.41) is 17.2. The number of aliphatic hydroxyl groups excluding tert-OH is 1. The lowest BCUT2D eigenvalue weighted by Gasteiger charge is -2.36. The fraction of sp³-hybridized carbons (Fsp3) is 0.444. The second-order valence-electron chi connectivity index (χ2n) is 6.38. The van der Waals surface area contributed by atoms with Gasteiger partial charge in [-0.1, -0.05) is 24.3 Å². The number of carbonyl (C=O) groups is 1. The van der Waals surface area contributed by atoms with Crippen molar-refractivity contribution < 1.29 is 9.90 Å². The first-order chi connectivity index (χ1) is 11.3. The molecule has 0 unspecified atom stereocenters. The molecule has 0 saturated heterocycles. The number of aromatic amines is 1. The number of aryl methyl sites for hydroxylation is 1. The van der Waals surface area contributed by atoms with Gasteiger partial charge in [0.25, 0.3) is 5.91 Å². The van der Waals surface area contributed by atoms with Gasteiger partial charge >= 0.3 is 0 Å². The summed E-state index contributed by atoms with van der Waals surface area (Å²) in [4.78, 5) is 14.8. The minimum Gasteiger partial charge on any atom is -0.394 e. The smallest absolute Gasteiger partial charge is 0.275 e. The molecule has 0 spiro atoms. The number of nitrogens with one attached hydrogen (secondary N) is 1. The standard InChI is InChI=1S/C18H21N3O2/c22-11-16-13-6-2-1-5-12(13)9-10-21(16)18(23)17-14-7-3-4-8-15(14)19-20-17/h1-2,5-6,16,22H,3-4,7-11H2,(H,19,20)/t16-/m0/s1. The largest absolute Gasteiger partial charge is 0.394 e. The van der Waals surface area contributed by atoms with Crippen LogP contribution in [0.15, 0.2) is 24.3 Å². The first-order valence-electron chi connectivity index (χ1n) is 8.35. The maximum absolute atomic E-state index is 13.0.